The Morgan fingerprint density at radius 3 is 2.67 bits per heavy atom. The molecule has 0 saturated heterocycles. The minimum Gasteiger partial charge on any atom is -0.452 e. The second-order valence-electron chi connectivity index (χ2n) is 7.61. The summed E-state index contributed by atoms with van der Waals surface area (Å²) in [6.07, 6.45) is 4.21. The van der Waals surface area contributed by atoms with Crippen LogP contribution in [0.2, 0.25) is 5.02 Å². The number of aromatic nitrogens is 1. The average Bonchev–Trinajstić information content (AvgIpc) is 3.24. The minimum atomic E-state index is -0.532. The smallest absolute Gasteiger partial charge is 0.339 e. The van der Waals surface area contributed by atoms with Crippen molar-refractivity contribution in [2.24, 2.45) is 0 Å². The van der Waals surface area contributed by atoms with Crippen molar-refractivity contribution in [3.8, 4) is 11.3 Å². The van der Waals surface area contributed by atoms with Crippen molar-refractivity contribution in [3.63, 3.8) is 0 Å². The van der Waals surface area contributed by atoms with Gasteiger partial charge in [-0.1, -0.05) is 54.8 Å². The molecule has 3 aromatic rings. The summed E-state index contributed by atoms with van der Waals surface area (Å²) in [5.41, 5.74) is 3.28. The molecule has 1 saturated carbocycles. The van der Waals surface area contributed by atoms with Gasteiger partial charge in [0.05, 0.1) is 16.8 Å². The highest BCUT2D eigenvalue weighted by molar-refractivity contribution is 6.30. The number of amides is 1. The van der Waals surface area contributed by atoms with Crippen LogP contribution in [0.25, 0.3) is 22.2 Å². The Balaban J connectivity index is 1.64. The maximum Gasteiger partial charge on any atom is 0.339 e. The Labute approximate surface area is 180 Å². The predicted octanol–water partition coefficient (Wildman–Crippen LogP) is 5.08. The van der Waals surface area contributed by atoms with Crippen LogP contribution in [0.3, 0.4) is 0 Å². The Kier molecular flexibility index (Phi) is 6.00. The number of benzene rings is 2. The Morgan fingerprint density at radius 2 is 1.90 bits per heavy atom. The molecule has 0 atom stereocenters. The zero-order chi connectivity index (χ0) is 21.1. The molecule has 1 N–H and O–H groups in total. The lowest BCUT2D eigenvalue weighted by atomic mass is 9.98. The molecule has 1 amide bonds. The van der Waals surface area contributed by atoms with Crippen LogP contribution in [-0.2, 0) is 9.53 Å². The largest absolute Gasteiger partial charge is 0.452 e. The van der Waals surface area contributed by atoms with Crippen molar-refractivity contribution >= 4 is 34.4 Å². The SMILES string of the molecule is Cc1c(-c2cccc(Cl)c2)nc2ccccc2c1C(=O)OCC(=O)NC1CCCC1. The van der Waals surface area contributed by atoms with E-state index in [0.717, 1.165) is 31.2 Å². The first-order valence-corrected chi connectivity index (χ1v) is 10.5. The van der Waals surface area contributed by atoms with Crippen LogP contribution >= 0.6 is 11.6 Å². The number of hydrogen-bond acceptors (Lipinski definition) is 4. The summed E-state index contributed by atoms with van der Waals surface area (Å²) in [5.74, 6) is -0.794. The average molecular weight is 423 g/mol. The summed E-state index contributed by atoms with van der Waals surface area (Å²) in [6.45, 7) is 1.54. The maximum absolute atomic E-state index is 13.0. The number of para-hydroxylation sites is 1. The Hall–Kier alpha value is -2.92. The van der Waals surface area contributed by atoms with Gasteiger partial charge >= 0.3 is 5.97 Å². The molecule has 1 heterocycles. The van der Waals surface area contributed by atoms with Crippen molar-refractivity contribution in [3.05, 3.63) is 64.7 Å². The lowest BCUT2D eigenvalue weighted by Gasteiger charge is -2.15. The molecule has 1 aliphatic carbocycles. The number of hydrogen-bond donors (Lipinski definition) is 1. The Bertz CT molecular complexity index is 1110. The van der Waals surface area contributed by atoms with E-state index >= 15 is 0 Å². The first-order chi connectivity index (χ1) is 14.5. The fourth-order valence-corrected chi connectivity index (χ4v) is 4.22. The molecule has 30 heavy (non-hydrogen) atoms. The number of nitrogens with one attached hydrogen (secondary N) is 1. The monoisotopic (exact) mass is 422 g/mol. The molecular formula is C24H23ClN2O3. The number of pyridine rings is 1. The normalized spacial score (nSPS) is 14.1. The van der Waals surface area contributed by atoms with Gasteiger partial charge in [-0.3, -0.25) is 4.79 Å². The lowest BCUT2D eigenvalue weighted by molar-refractivity contribution is -0.124. The minimum absolute atomic E-state index is 0.189. The van der Waals surface area contributed by atoms with Gasteiger partial charge in [-0.25, -0.2) is 9.78 Å². The fourth-order valence-electron chi connectivity index (χ4n) is 4.03. The van der Waals surface area contributed by atoms with Gasteiger partial charge in [0.25, 0.3) is 5.91 Å². The molecule has 0 unspecified atom stereocenters. The molecule has 1 fully saturated rings. The number of carbonyl (C=O) groups excluding carboxylic acids is 2. The third kappa shape index (κ3) is 4.31. The van der Waals surface area contributed by atoms with Gasteiger partial charge in [-0.15, -0.1) is 0 Å². The van der Waals surface area contributed by atoms with Gasteiger partial charge in [-0.2, -0.15) is 0 Å². The van der Waals surface area contributed by atoms with E-state index in [4.69, 9.17) is 21.3 Å². The van der Waals surface area contributed by atoms with Gasteiger partial charge in [-0.05, 0) is 43.5 Å². The van der Waals surface area contributed by atoms with Gasteiger partial charge < -0.3 is 10.1 Å². The van der Waals surface area contributed by atoms with Gasteiger partial charge in [0.1, 0.15) is 0 Å². The summed E-state index contributed by atoms with van der Waals surface area (Å²) >= 11 is 6.16. The zero-order valence-corrected chi connectivity index (χ0v) is 17.5. The summed E-state index contributed by atoms with van der Waals surface area (Å²) in [7, 11) is 0. The number of carbonyl (C=O) groups is 2. The molecule has 6 heteroatoms. The van der Waals surface area contributed by atoms with E-state index in [9.17, 15) is 9.59 Å². The van der Waals surface area contributed by atoms with Crippen LogP contribution in [-0.4, -0.2) is 29.5 Å². The molecule has 2 aromatic carbocycles. The molecule has 154 valence electrons. The second kappa shape index (κ2) is 8.84. The topological polar surface area (TPSA) is 68.3 Å². The van der Waals surface area contributed by atoms with Crippen LogP contribution in [0.5, 0.6) is 0 Å². The first-order valence-electron chi connectivity index (χ1n) is 10.1. The molecule has 0 aliphatic heterocycles. The molecule has 1 aromatic heterocycles. The van der Waals surface area contributed by atoms with Crippen molar-refractivity contribution in [1.82, 2.24) is 10.3 Å². The third-order valence-electron chi connectivity index (χ3n) is 5.49. The zero-order valence-electron chi connectivity index (χ0n) is 16.8. The number of ether oxygens (including phenoxy) is 1. The van der Waals surface area contributed by atoms with Gasteiger partial charge in [0.2, 0.25) is 0 Å². The Morgan fingerprint density at radius 1 is 1.13 bits per heavy atom. The summed E-state index contributed by atoms with van der Waals surface area (Å²) in [6, 6.07) is 15.0. The fraction of sp³-hybridized carbons (Fsp3) is 0.292. The summed E-state index contributed by atoms with van der Waals surface area (Å²) < 4.78 is 5.40. The molecule has 0 radical (unpaired) electrons. The van der Waals surface area contributed by atoms with Crippen molar-refractivity contribution < 1.29 is 14.3 Å². The number of rotatable bonds is 5. The molecule has 0 spiro atoms. The second-order valence-corrected chi connectivity index (χ2v) is 8.05. The van der Waals surface area contributed by atoms with E-state index in [1.165, 1.54) is 0 Å². The van der Waals surface area contributed by atoms with Crippen LogP contribution < -0.4 is 5.32 Å². The van der Waals surface area contributed by atoms with E-state index < -0.39 is 5.97 Å². The quantitative estimate of drug-likeness (QED) is 0.582. The predicted molar refractivity (Wildman–Crippen MR) is 118 cm³/mol. The highest BCUT2D eigenvalue weighted by atomic mass is 35.5. The van der Waals surface area contributed by atoms with E-state index in [0.29, 0.717) is 32.7 Å². The van der Waals surface area contributed by atoms with E-state index in [1.807, 2.05) is 49.4 Å². The lowest BCUT2D eigenvalue weighted by Crippen LogP contribution is -2.36. The summed E-state index contributed by atoms with van der Waals surface area (Å²) in [4.78, 5) is 30.0. The molecule has 0 bridgehead atoms. The van der Waals surface area contributed by atoms with Crippen LogP contribution in [0, 0.1) is 6.92 Å². The van der Waals surface area contributed by atoms with Crippen molar-refractivity contribution in [2.75, 3.05) is 6.61 Å². The molecule has 4 rings (SSSR count). The number of nitrogens with zero attached hydrogens (tertiary/aromatic N) is 1. The van der Waals surface area contributed by atoms with Gasteiger partial charge in [0.15, 0.2) is 6.61 Å². The maximum atomic E-state index is 13.0. The van der Waals surface area contributed by atoms with E-state index in [2.05, 4.69) is 5.32 Å². The molecular weight excluding hydrogens is 400 g/mol. The third-order valence-corrected chi connectivity index (χ3v) is 5.73. The molecule has 5 nitrogen and oxygen atoms in total. The highest BCUT2D eigenvalue weighted by Crippen LogP contribution is 2.31. The summed E-state index contributed by atoms with van der Waals surface area (Å²) in [5, 5.41) is 4.23. The van der Waals surface area contributed by atoms with Crippen molar-refractivity contribution in [2.45, 2.75) is 38.6 Å². The van der Waals surface area contributed by atoms with Gasteiger partial charge in [0, 0.05) is 22.0 Å². The highest BCUT2D eigenvalue weighted by Gasteiger charge is 2.22. The van der Waals surface area contributed by atoms with E-state index in [1.54, 1.807) is 6.07 Å². The molecule has 1 aliphatic rings. The van der Waals surface area contributed by atoms with E-state index in [-0.39, 0.29) is 18.6 Å². The van der Waals surface area contributed by atoms with Crippen LogP contribution in [0.1, 0.15) is 41.6 Å². The van der Waals surface area contributed by atoms with Crippen LogP contribution in [0.15, 0.2) is 48.5 Å². The number of fused-ring (bicyclic) bond motifs is 1. The standard InChI is InChI=1S/C24H23ClN2O3/c1-15-22(24(29)30-14-21(28)26-18-9-2-3-10-18)19-11-4-5-12-20(19)27-23(15)16-7-6-8-17(25)13-16/h4-8,11-13,18H,2-3,9-10,14H2,1H3,(H,26,28). The number of halogens is 1. The van der Waals surface area contributed by atoms with Crippen LogP contribution in [0.4, 0.5) is 0 Å². The number of esters is 1. The van der Waals surface area contributed by atoms with Crippen molar-refractivity contribution in [1.29, 1.82) is 0 Å². The first kappa shape index (κ1) is 20.4.